The molecule has 98 valence electrons. The van der Waals surface area contributed by atoms with E-state index in [1.807, 2.05) is 0 Å². The van der Waals surface area contributed by atoms with Crippen LogP contribution in [-0.2, 0) is 4.74 Å². The molecule has 3 saturated carbocycles. The van der Waals surface area contributed by atoms with E-state index >= 15 is 0 Å². The van der Waals surface area contributed by atoms with Crippen LogP contribution >= 0.6 is 0 Å². The van der Waals surface area contributed by atoms with E-state index < -0.39 is 0 Å². The zero-order chi connectivity index (χ0) is 11.9. The van der Waals surface area contributed by atoms with E-state index in [9.17, 15) is 0 Å². The molecular weight excluding hydrogens is 212 g/mol. The molecule has 2 bridgehead atoms. The highest BCUT2D eigenvalue weighted by Crippen LogP contribution is 2.54. The van der Waals surface area contributed by atoms with Gasteiger partial charge in [-0.25, -0.2) is 0 Å². The molecule has 3 heteroatoms. The topological polar surface area (TPSA) is 38.5 Å². The number of nitrogens with two attached hydrogens (primary N) is 1. The fourth-order valence-electron chi connectivity index (χ4n) is 4.48. The van der Waals surface area contributed by atoms with E-state index in [2.05, 4.69) is 4.90 Å². The number of hydrogen-bond donors (Lipinski definition) is 1. The minimum atomic E-state index is 0.336. The lowest BCUT2D eigenvalue weighted by molar-refractivity contribution is 0.0142. The van der Waals surface area contributed by atoms with Gasteiger partial charge in [0, 0.05) is 31.8 Å². The SMILES string of the molecule is COCCN(C1CC1)C1(CN)CC2CCC1C2. The predicted molar refractivity (Wildman–Crippen MR) is 68.8 cm³/mol. The molecule has 2 N–H and O–H groups in total. The smallest absolute Gasteiger partial charge is 0.0590 e. The van der Waals surface area contributed by atoms with Gasteiger partial charge in [0.05, 0.1) is 6.61 Å². The molecule has 0 heterocycles. The highest BCUT2D eigenvalue weighted by atomic mass is 16.5. The van der Waals surface area contributed by atoms with Crippen molar-refractivity contribution in [2.45, 2.75) is 50.1 Å². The molecule has 3 nitrogen and oxygen atoms in total. The predicted octanol–water partition coefficient (Wildman–Crippen LogP) is 1.61. The summed E-state index contributed by atoms with van der Waals surface area (Å²) in [5.74, 6) is 1.84. The van der Waals surface area contributed by atoms with Crippen molar-refractivity contribution in [3.8, 4) is 0 Å². The second-order valence-corrected chi connectivity index (χ2v) is 6.31. The van der Waals surface area contributed by atoms with Crippen molar-refractivity contribution in [1.82, 2.24) is 4.90 Å². The Labute approximate surface area is 105 Å². The first kappa shape index (κ1) is 11.9. The molecule has 0 saturated heterocycles. The second kappa shape index (κ2) is 4.52. The summed E-state index contributed by atoms with van der Waals surface area (Å²) in [6.45, 7) is 2.80. The van der Waals surface area contributed by atoms with Crippen LogP contribution in [0.3, 0.4) is 0 Å². The maximum atomic E-state index is 6.21. The second-order valence-electron chi connectivity index (χ2n) is 6.31. The van der Waals surface area contributed by atoms with Crippen LogP contribution in [-0.4, -0.2) is 43.3 Å². The molecule has 0 aromatic carbocycles. The van der Waals surface area contributed by atoms with Crippen LogP contribution < -0.4 is 5.73 Å². The Balaban J connectivity index is 1.77. The van der Waals surface area contributed by atoms with Gasteiger partial charge in [-0.05, 0) is 43.9 Å². The third-order valence-corrected chi connectivity index (χ3v) is 5.39. The molecule has 3 aliphatic carbocycles. The van der Waals surface area contributed by atoms with E-state index in [-0.39, 0.29) is 0 Å². The fourth-order valence-corrected chi connectivity index (χ4v) is 4.48. The molecule has 3 fully saturated rings. The average molecular weight is 238 g/mol. The minimum absolute atomic E-state index is 0.336. The molecule has 0 spiro atoms. The van der Waals surface area contributed by atoms with Crippen LogP contribution in [0.5, 0.6) is 0 Å². The Morgan fingerprint density at radius 1 is 1.29 bits per heavy atom. The first-order valence-electron chi connectivity index (χ1n) is 7.26. The van der Waals surface area contributed by atoms with Crippen LogP contribution in [0.1, 0.15) is 38.5 Å². The van der Waals surface area contributed by atoms with Gasteiger partial charge < -0.3 is 10.5 Å². The molecule has 0 radical (unpaired) electrons. The maximum Gasteiger partial charge on any atom is 0.0590 e. The quantitative estimate of drug-likeness (QED) is 0.764. The van der Waals surface area contributed by atoms with E-state index in [0.717, 1.165) is 37.6 Å². The lowest BCUT2D eigenvalue weighted by atomic mass is 9.79. The van der Waals surface area contributed by atoms with Gasteiger partial charge in [0.25, 0.3) is 0 Å². The van der Waals surface area contributed by atoms with Gasteiger partial charge in [-0.15, -0.1) is 0 Å². The van der Waals surface area contributed by atoms with Gasteiger partial charge in [-0.1, -0.05) is 6.42 Å². The van der Waals surface area contributed by atoms with Gasteiger partial charge in [0.15, 0.2) is 0 Å². The van der Waals surface area contributed by atoms with Gasteiger partial charge in [0.1, 0.15) is 0 Å². The number of nitrogens with zero attached hydrogens (tertiary/aromatic N) is 1. The average Bonchev–Trinajstić information content (AvgIpc) is 2.98. The molecule has 0 aromatic heterocycles. The van der Waals surface area contributed by atoms with Crippen molar-refractivity contribution in [2.24, 2.45) is 17.6 Å². The summed E-state index contributed by atoms with van der Waals surface area (Å²) >= 11 is 0. The van der Waals surface area contributed by atoms with Crippen molar-refractivity contribution in [3.63, 3.8) is 0 Å². The number of hydrogen-bond acceptors (Lipinski definition) is 3. The zero-order valence-electron chi connectivity index (χ0n) is 11.0. The standard InChI is InChI=1S/C14H26N2O/c1-17-7-6-16(13-4-5-13)14(10-15)9-11-2-3-12(14)8-11/h11-13H,2-10,15H2,1H3. The summed E-state index contributed by atoms with van der Waals surface area (Å²) in [7, 11) is 1.81. The summed E-state index contributed by atoms with van der Waals surface area (Å²) in [4.78, 5) is 2.74. The molecule has 3 unspecified atom stereocenters. The Bertz CT molecular complexity index is 279. The highest BCUT2D eigenvalue weighted by Gasteiger charge is 2.55. The molecule has 0 amide bonds. The Kier molecular flexibility index (Phi) is 3.18. The molecule has 17 heavy (non-hydrogen) atoms. The summed E-state index contributed by atoms with van der Waals surface area (Å²) in [6.07, 6.45) is 8.42. The van der Waals surface area contributed by atoms with Crippen molar-refractivity contribution in [3.05, 3.63) is 0 Å². The van der Waals surface area contributed by atoms with E-state index in [1.54, 1.807) is 7.11 Å². The normalized spacial score (nSPS) is 40.4. The van der Waals surface area contributed by atoms with Crippen molar-refractivity contribution < 1.29 is 4.74 Å². The van der Waals surface area contributed by atoms with Crippen molar-refractivity contribution >= 4 is 0 Å². The van der Waals surface area contributed by atoms with Crippen LogP contribution in [0, 0.1) is 11.8 Å². The fraction of sp³-hybridized carbons (Fsp3) is 1.00. The Hall–Kier alpha value is -0.120. The van der Waals surface area contributed by atoms with E-state index in [4.69, 9.17) is 10.5 Å². The lowest BCUT2D eigenvalue weighted by Gasteiger charge is -2.47. The van der Waals surface area contributed by atoms with Gasteiger partial charge in [-0.3, -0.25) is 4.90 Å². The highest BCUT2D eigenvalue weighted by molar-refractivity contribution is 5.11. The zero-order valence-corrected chi connectivity index (χ0v) is 11.0. The molecule has 3 rings (SSSR count). The van der Waals surface area contributed by atoms with Crippen LogP contribution in [0.4, 0.5) is 0 Å². The summed E-state index contributed by atoms with van der Waals surface area (Å²) in [6, 6.07) is 0.813. The molecule has 3 atom stereocenters. The van der Waals surface area contributed by atoms with Crippen LogP contribution in [0.15, 0.2) is 0 Å². The minimum Gasteiger partial charge on any atom is -0.383 e. The third-order valence-electron chi connectivity index (χ3n) is 5.39. The summed E-state index contributed by atoms with van der Waals surface area (Å²) in [5, 5.41) is 0. The first-order valence-corrected chi connectivity index (χ1v) is 7.26. The maximum absolute atomic E-state index is 6.21. The largest absolute Gasteiger partial charge is 0.383 e. The van der Waals surface area contributed by atoms with E-state index in [1.165, 1.54) is 38.5 Å². The van der Waals surface area contributed by atoms with Crippen molar-refractivity contribution in [1.29, 1.82) is 0 Å². The lowest BCUT2D eigenvalue weighted by Crippen LogP contribution is -2.59. The summed E-state index contributed by atoms with van der Waals surface area (Å²) in [5.41, 5.74) is 6.55. The number of ether oxygens (including phenoxy) is 1. The van der Waals surface area contributed by atoms with E-state index in [0.29, 0.717) is 5.54 Å². The third kappa shape index (κ3) is 1.92. The monoisotopic (exact) mass is 238 g/mol. The van der Waals surface area contributed by atoms with Gasteiger partial charge >= 0.3 is 0 Å². The molecule has 0 aromatic rings. The summed E-state index contributed by atoms with van der Waals surface area (Å²) < 4.78 is 5.30. The van der Waals surface area contributed by atoms with Crippen LogP contribution in [0.25, 0.3) is 0 Å². The number of methoxy groups -OCH3 is 1. The van der Waals surface area contributed by atoms with Gasteiger partial charge in [0.2, 0.25) is 0 Å². The Morgan fingerprint density at radius 2 is 2.12 bits per heavy atom. The molecule has 0 aliphatic heterocycles. The van der Waals surface area contributed by atoms with Crippen molar-refractivity contribution in [2.75, 3.05) is 26.8 Å². The molecular formula is C14H26N2O. The first-order chi connectivity index (χ1) is 8.30. The number of fused-ring (bicyclic) bond motifs is 2. The Morgan fingerprint density at radius 3 is 2.59 bits per heavy atom. The van der Waals surface area contributed by atoms with Gasteiger partial charge in [-0.2, -0.15) is 0 Å². The molecule has 3 aliphatic rings. The van der Waals surface area contributed by atoms with Crippen LogP contribution in [0.2, 0.25) is 0 Å². The number of rotatable bonds is 6.